The number of carbonyl (C=O) groups excluding carboxylic acids is 1. The Balaban J connectivity index is 1.69. The van der Waals surface area contributed by atoms with E-state index in [-0.39, 0.29) is 5.91 Å². The fraction of sp³-hybridized carbons (Fsp3) is 0.176. The van der Waals surface area contributed by atoms with E-state index >= 15 is 0 Å². The van der Waals surface area contributed by atoms with E-state index in [1.54, 1.807) is 18.5 Å². The van der Waals surface area contributed by atoms with Crippen LogP contribution in [0.15, 0.2) is 48.8 Å². The maximum absolute atomic E-state index is 12.0. The first-order valence-corrected chi connectivity index (χ1v) is 7.00. The maximum Gasteiger partial charge on any atom is 0.224 e. The molecule has 106 valence electrons. The van der Waals surface area contributed by atoms with E-state index in [2.05, 4.69) is 27.4 Å². The second-order valence-electron chi connectivity index (χ2n) is 5.06. The zero-order valence-corrected chi connectivity index (χ0v) is 11.9. The van der Waals surface area contributed by atoms with Crippen molar-refractivity contribution in [3.05, 3.63) is 60.0 Å². The standard InChI is InChI=1S/C17H17N3O/c1-12-14(15-6-2-3-7-16(15)19-12)8-9-17(21)20-13-5-4-10-18-11-13/h2-7,10-11,19H,8-9H2,1H3,(H,20,21). The maximum atomic E-state index is 12.0. The van der Waals surface area contributed by atoms with Crippen molar-refractivity contribution in [3.8, 4) is 0 Å². The number of H-pyrrole nitrogens is 1. The first-order valence-electron chi connectivity index (χ1n) is 7.00. The fourth-order valence-corrected chi connectivity index (χ4v) is 2.56. The number of carbonyl (C=O) groups is 1. The minimum Gasteiger partial charge on any atom is -0.358 e. The van der Waals surface area contributed by atoms with E-state index in [1.807, 2.05) is 25.1 Å². The number of aryl methyl sites for hydroxylation is 2. The second kappa shape index (κ2) is 5.79. The Kier molecular flexibility index (Phi) is 3.69. The number of aromatic nitrogens is 2. The number of nitrogens with one attached hydrogen (secondary N) is 2. The molecular weight excluding hydrogens is 262 g/mol. The van der Waals surface area contributed by atoms with Crippen molar-refractivity contribution in [1.29, 1.82) is 0 Å². The summed E-state index contributed by atoms with van der Waals surface area (Å²) in [6.45, 7) is 2.05. The lowest BCUT2D eigenvalue weighted by atomic mass is 10.1. The molecule has 0 fully saturated rings. The van der Waals surface area contributed by atoms with Crippen LogP contribution < -0.4 is 5.32 Å². The number of amides is 1. The van der Waals surface area contributed by atoms with Crippen LogP contribution in [0.3, 0.4) is 0 Å². The monoisotopic (exact) mass is 279 g/mol. The van der Waals surface area contributed by atoms with Crippen molar-refractivity contribution >= 4 is 22.5 Å². The summed E-state index contributed by atoms with van der Waals surface area (Å²) in [6, 6.07) is 11.8. The highest BCUT2D eigenvalue weighted by atomic mass is 16.1. The average Bonchev–Trinajstić information content (AvgIpc) is 2.81. The SMILES string of the molecule is Cc1[nH]c2ccccc2c1CCC(=O)Nc1cccnc1. The first kappa shape index (κ1) is 13.4. The van der Waals surface area contributed by atoms with Gasteiger partial charge in [-0.25, -0.2) is 0 Å². The predicted octanol–water partition coefficient (Wildman–Crippen LogP) is 3.44. The van der Waals surface area contributed by atoms with Crippen LogP contribution in [0, 0.1) is 6.92 Å². The quantitative estimate of drug-likeness (QED) is 0.768. The molecule has 0 aliphatic heterocycles. The minimum absolute atomic E-state index is 0.00711. The van der Waals surface area contributed by atoms with Crippen molar-refractivity contribution in [1.82, 2.24) is 9.97 Å². The second-order valence-corrected chi connectivity index (χ2v) is 5.06. The van der Waals surface area contributed by atoms with Crippen molar-refractivity contribution in [3.63, 3.8) is 0 Å². The zero-order valence-electron chi connectivity index (χ0n) is 11.9. The molecule has 4 heteroatoms. The summed E-state index contributed by atoms with van der Waals surface area (Å²) in [7, 11) is 0. The first-order chi connectivity index (χ1) is 10.2. The van der Waals surface area contributed by atoms with E-state index < -0.39 is 0 Å². The summed E-state index contributed by atoms with van der Waals surface area (Å²) in [4.78, 5) is 19.3. The lowest BCUT2D eigenvalue weighted by molar-refractivity contribution is -0.116. The molecule has 1 aromatic carbocycles. The number of pyridine rings is 1. The van der Waals surface area contributed by atoms with Crippen molar-refractivity contribution < 1.29 is 4.79 Å². The molecule has 3 aromatic rings. The number of hydrogen-bond donors (Lipinski definition) is 2. The van der Waals surface area contributed by atoms with Gasteiger partial charge in [-0.05, 0) is 37.1 Å². The number of benzene rings is 1. The third-order valence-corrected chi connectivity index (χ3v) is 3.57. The molecule has 0 saturated carbocycles. The molecule has 0 unspecified atom stereocenters. The third-order valence-electron chi connectivity index (χ3n) is 3.57. The Labute approximate surface area is 123 Å². The highest BCUT2D eigenvalue weighted by Gasteiger charge is 2.10. The van der Waals surface area contributed by atoms with Crippen LogP contribution in [0.4, 0.5) is 5.69 Å². The molecule has 0 aliphatic rings. The average molecular weight is 279 g/mol. The molecule has 2 N–H and O–H groups in total. The van der Waals surface area contributed by atoms with Gasteiger partial charge in [-0.1, -0.05) is 18.2 Å². The van der Waals surface area contributed by atoms with E-state index in [4.69, 9.17) is 0 Å². The van der Waals surface area contributed by atoms with Gasteiger partial charge < -0.3 is 10.3 Å². The van der Waals surface area contributed by atoms with Gasteiger partial charge in [0, 0.05) is 29.2 Å². The number of rotatable bonds is 4. The summed E-state index contributed by atoms with van der Waals surface area (Å²) in [6.07, 6.45) is 4.51. The molecule has 0 radical (unpaired) electrons. The van der Waals surface area contributed by atoms with E-state index in [1.165, 1.54) is 10.9 Å². The normalized spacial score (nSPS) is 10.7. The van der Waals surface area contributed by atoms with Crippen molar-refractivity contribution in [2.45, 2.75) is 19.8 Å². The van der Waals surface area contributed by atoms with Gasteiger partial charge in [0.2, 0.25) is 5.91 Å². The van der Waals surface area contributed by atoms with Gasteiger partial charge >= 0.3 is 0 Å². The summed E-state index contributed by atoms with van der Waals surface area (Å²) in [5.74, 6) is 0.00711. The number of anilines is 1. The molecule has 0 aliphatic carbocycles. The van der Waals surface area contributed by atoms with Crippen LogP contribution in [0.2, 0.25) is 0 Å². The summed E-state index contributed by atoms with van der Waals surface area (Å²) in [5, 5.41) is 4.06. The molecule has 2 heterocycles. The van der Waals surface area contributed by atoms with Crippen LogP contribution in [0.25, 0.3) is 10.9 Å². The smallest absolute Gasteiger partial charge is 0.224 e. The molecule has 4 nitrogen and oxygen atoms in total. The Morgan fingerprint density at radius 1 is 1.24 bits per heavy atom. The largest absolute Gasteiger partial charge is 0.358 e. The highest BCUT2D eigenvalue weighted by Crippen LogP contribution is 2.23. The van der Waals surface area contributed by atoms with Crippen LogP contribution in [-0.2, 0) is 11.2 Å². The Morgan fingerprint density at radius 2 is 2.10 bits per heavy atom. The van der Waals surface area contributed by atoms with Gasteiger partial charge in [-0.2, -0.15) is 0 Å². The van der Waals surface area contributed by atoms with Gasteiger partial charge in [0.15, 0.2) is 0 Å². The van der Waals surface area contributed by atoms with E-state index in [0.29, 0.717) is 6.42 Å². The van der Waals surface area contributed by atoms with Gasteiger partial charge in [-0.15, -0.1) is 0 Å². The van der Waals surface area contributed by atoms with Gasteiger partial charge in [0.05, 0.1) is 11.9 Å². The van der Waals surface area contributed by atoms with Crippen LogP contribution in [0.5, 0.6) is 0 Å². The molecule has 21 heavy (non-hydrogen) atoms. The number of hydrogen-bond acceptors (Lipinski definition) is 2. The molecule has 0 bridgehead atoms. The molecule has 0 atom stereocenters. The van der Waals surface area contributed by atoms with Gasteiger partial charge in [0.1, 0.15) is 0 Å². The number of fused-ring (bicyclic) bond motifs is 1. The Morgan fingerprint density at radius 3 is 2.90 bits per heavy atom. The third kappa shape index (κ3) is 2.94. The Hall–Kier alpha value is -2.62. The van der Waals surface area contributed by atoms with E-state index in [0.717, 1.165) is 23.3 Å². The van der Waals surface area contributed by atoms with Crippen molar-refractivity contribution in [2.24, 2.45) is 0 Å². The number of aromatic amines is 1. The number of para-hydroxylation sites is 1. The van der Waals surface area contributed by atoms with E-state index in [9.17, 15) is 4.79 Å². The van der Waals surface area contributed by atoms with Crippen LogP contribution in [-0.4, -0.2) is 15.9 Å². The summed E-state index contributed by atoms with van der Waals surface area (Å²) < 4.78 is 0. The van der Waals surface area contributed by atoms with Crippen molar-refractivity contribution in [2.75, 3.05) is 5.32 Å². The van der Waals surface area contributed by atoms with Gasteiger partial charge in [0.25, 0.3) is 0 Å². The summed E-state index contributed by atoms with van der Waals surface area (Å²) >= 11 is 0. The molecule has 1 amide bonds. The topological polar surface area (TPSA) is 57.8 Å². The number of nitrogens with zero attached hydrogens (tertiary/aromatic N) is 1. The molecule has 0 saturated heterocycles. The van der Waals surface area contributed by atoms with Gasteiger partial charge in [-0.3, -0.25) is 9.78 Å². The highest BCUT2D eigenvalue weighted by molar-refractivity contribution is 5.91. The lowest BCUT2D eigenvalue weighted by Crippen LogP contribution is -2.12. The Bertz CT molecular complexity index is 762. The van der Waals surface area contributed by atoms with Crippen LogP contribution >= 0.6 is 0 Å². The fourth-order valence-electron chi connectivity index (χ4n) is 2.56. The molecule has 2 aromatic heterocycles. The minimum atomic E-state index is 0.00711. The molecular formula is C17H17N3O. The molecule has 0 spiro atoms. The molecule has 3 rings (SSSR count). The zero-order chi connectivity index (χ0) is 14.7. The summed E-state index contributed by atoms with van der Waals surface area (Å²) in [5.41, 5.74) is 4.20. The van der Waals surface area contributed by atoms with Crippen LogP contribution in [0.1, 0.15) is 17.7 Å². The predicted molar refractivity (Wildman–Crippen MR) is 84.2 cm³/mol. The lowest BCUT2D eigenvalue weighted by Gasteiger charge is -2.05.